The van der Waals surface area contributed by atoms with Crippen LogP contribution >= 0.6 is 0 Å². The second-order valence-corrected chi connectivity index (χ2v) is 11.3. The second kappa shape index (κ2) is 10.3. The van der Waals surface area contributed by atoms with Crippen LogP contribution in [0.5, 0.6) is 11.8 Å². The molecule has 7 nitrogen and oxygen atoms in total. The zero-order valence-corrected chi connectivity index (χ0v) is 22.6. The van der Waals surface area contributed by atoms with Crippen molar-refractivity contribution in [1.82, 2.24) is 24.5 Å². The molecule has 5 rings (SSSR count). The summed E-state index contributed by atoms with van der Waals surface area (Å²) in [6.07, 6.45) is 2.30. The molecule has 192 valence electrons. The van der Waals surface area contributed by atoms with E-state index in [0.29, 0.717) is 19.7 Å². The quantitative estimate of drug-likeness (QED) is 0.585. The highest BCUT2D eigenvalue weighted by Gasteiger charge is 2.37. The first-order valence-electron chi connectivity index (χ1n) is 12.7. The van der Waals surface area contributed by atoms with E-state index < -0.39 is 6.17 Å². The van der Waals surface area contributed by atoms with Gasteiger partial charge in [0.2, 0.25) is 11.8 Å². The Kier molecular flexibility index (Phi) is 8.00. The van der Waals surface area contributed by atoms with Crippen LogP contribution in [0.25, 0.3) is 0 Å². The maximum atomic E-state index is 12.9. The lowest BCUT2D eigenvalue weighted by atomic mass is 9.87. The predicted molar refractivity (Wildman–Crippen MR) is 134 cm³/mol. The molecule has 3 aliphatic rings. The van der Waals surface area contributed by atoms with E-state index in [0.717, 1.165) is 49.1 Å². The van der Waals surface area contributed by atoms with Gasteiger partial charge in [0.1, 0.15) is 12.8 Å². The molecule has 1 atom stereocenters. The lowest BCUT2D eigenvalue weighted by Crippen LogP contribution is -2.57. The molecule has 0 aliphatic carbocycles. The highest BCUT2D eigenvalue weighted by Crippen LogP contribution is 2.36. The summed E-state index contributed by atoms with van der Waals surface area (Å²) in [6, 6.07) is 0.261. The number of hydrogen-bond donors (Lipinski definition) is 0. The number of aromatic nitrogens is 4. The van der Waals surface area contributed by atoms with Gasteiger partial charge in [-0.05, 0) is 17.8 Å². The van der Waals surface area contributed by atoms with Crippen LogP contribution in [0.3, 0.4) is 0 Å². The van der Waals surface area contributed by atoms with Crippen LogP contribution in [0.2, 0.25) is 0 Å². The molecule has 1 fully saturated rings. The highest BCUT2D eigenvalue weighted by molar-refractivity contribution is 5.37. The van der Waals surface area contributed by atoms with Crippen molar-refractivity contribution in [2.75, 3.05) is 26.3 Å². The van der Waals surface area contributed by atoms with Gasteiger partial charge in [0.15, 0.2) is 0 Å². The number of aryl methyl sites for hydroxylation is 2. The third kappa shape index (κ3) is 5.58. The van der Waals surface area contributed by atoms with Crippen LogP contribution in [0.1, 0.15) is 78.6 Å². The monoisotopic (exact) mass is 477 g/mol. The maximum absolute atomic E-state index is 12.9. The molecular formula is C26H44FN5O2. The highest BCUT2D eigenvalue weighted by atomic mass is 19.1. The Labute approximate surface area is 204 Å². The normalized spacial score (nSPS) is 20.4. The molecule has 0 aromatic carbocycles. The fourth-order valence-electron chi connectivity index (χ4n) is 4.68. The standard InChI is InChI=1S/C13H20FN3O.C11H18N2O.C2H6/c1-13(2,3)11-4-15-17-7-10(8-18-12(11)17)16-5-9(14)6-16;1-8-9(11(2,3)4)10-13(12-8)6-5-7-14-10;1-2/h4,9-10H,5-8H2,1-3H3;5-7H2,1-4H3;1-2H3. The summed E-state index contributed by atoms with van der Waals surface area (Å²) < 4.78 is 28.4. The van der Waals surface area contributed by atoms with Crippen LogP contribution in [0.15, 0.2) is 6.20 Å². The zero-order valence-electron chi connectivity index (χ0n) is 22.6. The summed E-state index contributed by atoms with van der Waals surface area (Å²) in [5, 5.41) is 8.91. The fourth-order valence-corrected chi connectivity index (χ4v) is 4.68. The molecule has 2 aromatic heterocycles. The van der Waals surface area contributed by atoms with E-state index in [9.17, 15) is 4.39 Å². The zero-order chi connectivity index (χ0) is 25.3. The number of ether oxygens (including phenoxy) is 2. The minimum Gasteiger partial charge on any atom is -0.478 e. The summed E-state index contributed by atoms with van der Waals surface area (Å²) >= 11 is 0. The van der Waals surface area contributed by atoms with Crippen molar-refractivity contribution in [2.24, 2.45) is 0 Å². The molecule has 2 aromatic rings. The largest absolute Gasteiger partial charge is 0.478 e. The van der Waals surface area contributed by atoms with Gasteiger partial charge in [-0.25, -0.2) is 13.8 Å². The Morgan fingerprint density at radius 3 is 2.21 bits per heavy atom. The Morgan fingerprint density at radius 2 is 1.62 bits per heavy atom. The van der Waals surface area contributed by atoms with Crippen LogP contribution in [-0.4, -0.2) is 63.0 Å². The number of fused-ring (bicyclic) bond motifs is 2. The molecule has 0 saturated carbocycles. The summed E-state index contributed by atoms with van der Waals surface area (Å²) in [5.74, 6) is 1.87. The molecular weight excluding hydrogens is 433 g/mol. The molecule has 0 amide bonds. The van der Waals surface area contributed by atoms with E-state index in [1.54, 1.807) is 0 Å². The first-order valence-corrected chi connectivity index (χ1v) is 12.7. The third-order valence-corrected chi connectivity index (χ3v) is 6.36. The van der Waals surface area contributed by atoms with E-state index in [4.69, 9.17) is 9.47 Å². The first kappa shape index (κ1) is 26.5. The molecule has 1 saturated heterocycles. The summed E-state index contributed by atoms with van der Waals surface area (Å²) in [5.41, 5.74) is 3.68. The van der Waals surface area contributed by atoms with Crippen molar-refractivity contribution in [3.63, 3.8) is 0 Å². The first-order chi connectivity index (χ1) is 15.9. The molecule has 8 heteroatoms. The van der Waals surface area contributed by atoms with E-state index in [1.165, 1.54) is 5.56 Å². The van der Waals surface area contributed by atoms with Gasteiger partial charge in [-0.15, -0.1) is 0 Å². The number of rotatable bonds is 1. The van der Waals surface area contributed by atoms with Crippen LogP contribution in [0, 0.1) is 6.92 Å². The number of likely N-dealkylation sites (tertiary alicyclic amines) is 1. The minimum absolute atomic E-state index is 0.0429. The molecule has 0 radical (unpaired) electrons. The summed E-state index contributed by atoms with van der Waals surface area (Å²) in [7, 11) is 0. The van der Waals surface area contributed by atoms with Crippen molar-refractivity contribution in [3.05, 3.63) is 23.0 Å². The van der Waals surface area contributed by atoms with Gasteiger partial charge in [-0.3, -0.25) is 4.90 Å². The van der Waals surface area contributed by atoms with Gasteiger partial charge >= 0.3 is 0 Å². The average Bonchev–Trinajstić information content (AvgIpc) is 3.32. The average molecular weight is 478 g/mol. The maximum Gasteiger partial charge on any atom is 0.215 e. The minimum atomic E-state index is -0.658. The molecule has 1 unspecified atom stereocenters. The van der Waals surface area contributed by atoms with E-state index >= 15 is 0 Å². The number of nitrogens with zero attached hydrogens (tertiary/aromatic N) is 5. The molecule has 0 N–H and O–H groups in total. The molecule has 5 heterocycles. The summed E-state index contributed by atoms with van der Waals surface area (Å²) in [4.78, 5) is 2.13. The third-order valence-electron chi connectivity index (χ3n) is 6.36. The smallest absolute Gasteiger partial charge is 0.215 e. The molecule has 0 bridgehead atoms. The van der Waals surface area contributed by atoms with Crippen molar-refractivity contribution in [1.29, 1.82) is 0 Å². The van der Waals surface area contributed by atoms with Gasteiger partial charge in [0, 0.05) is 37.2 Å². The van der Waals surface area contributed by atoms with Crippen LogP contribution < -0.4 is 9.47 Å². The number of hydrogen-bond acceptors (Lipinski definition) is 5. The summed E-state index contributed by atoms with van der Waals surface area (Å²) in [6.45, 7) is 23.5. The van der Waals surface area contributed by atoms with E-state index in [-0.39, 0.29) is 16.9 Å². The topological polar surface area (TPSA) is 57.3 Å². The van der Waals surface area contributed by atoms with E-state index in [1.807, 2.05) is 29.4 Å². The van der Waals surface area contributed by atoms with Crippen LogP contribution in [0.4, 0.5) is 4.39 Å². The molecule has 3 aliphatic heterocycles. The predicted octanol–water partition coefficient (Wildman–Crippen LogP) is 4.89. The Hall–Kier alpha value is -2.09. The van der Waals surface area contributed by atoms with E-state index in [2.05, 4.69) is 63.6 Å². The van der Waals surface area contributed by atoms with Gasteiger partial charge in [-0.2, -0.15) is 10.2 Å². The van der Waals surface area contributed by atoms with Gasteiger partial charge in [0.05, 0.1) is 31.1 Å². The Bertz CT molecular complexity index is 948. The van der Waals surface area contributed by atoms with Crippen molar-refractivity contribution < 1.29 is 13.9 Å². The van der Waals surface area contributed by atoms with Gasteiger partial charge in [-0.1, -0.05) is 55.4 Å². The number of alkyl halides is 1. The number of halogens is 1. The Morgan fingerprint density at radius 1 is 0.941 bits per heavy atom. The molecule has 0 spiro atoms. The lowest BCUT2D eigenvalue weighted by Gasteiger charge is -2.42. The SMILES string of the molecule is CC.CC(C)(C)c1cnn2c1OCC(N1CC(F)C1)C2.Cc1nn2c(c1C(C)(C)C)OCCC2. The van der Waals surface area contributed by atoms with Crippen molar-refractivity contribution in [3.8, 4) is 11.8 Å². The lowest BCUT2D eigenvalue weighted by molar-refractivity contribution is -0.0111. The van der Waals surface area contributed by atoms with Crippen molar-refractivity contribution >= 4 is 0 Å². The van der Waals surface area contributed by atoms with Crippen LogP contribution in [-0.2, 0) is 23.9 Å². The van der Waals surface area contributed by atoms with Gasteiger partial charge < -0.3 is 9.47 Å². The Balaban J connectivity index is 0.000000183. The molecule has 34 heavy (non-hydrogen) atoms. The van der Waals surface area contributed by atoms with Gasteiger partial charge in [0.25, 0.3) is 0 Å². The van der Waals surface area contributed by atoms with Crippen molar-refractivity contribution in [2.45, 2.75) is 105 Å². The second-order valence-electron chi connectivity index (χ2n) is 11.3. The fraction of sp³-hybridized carbons (Fsp3) is 0.769.